The minimum absolute atomic E-state index is 0.119. The summed E-state index contributed by atoms with van der Waals surface area (Å²) in [6.45, 7) is 3.59. The molecule has 1 heterocycles. The van der Waals surface area contributed by atoms with E-state index in [1.807, 2.05) is 25.1 Å². The fraction of sp³-hybridized carbons (Fsp3) is 0.333. The number of aliphatic carboxylic acids is 1. The highest BCUT2D eigenvalue weighted by Gasteiger charge is 2.15. The predicted molar refractivity (Wildman–Crippen MR) is 74.4 cm³/mol. The van der Waals surface area contributed by atoms with Crippen molar-refractivity contribution in [2.75, 3.05) is 0 Å². The Morgan fingerprint density at radius 3 is 2.68 bits per heavy atom. The molecule has 2 aromatic rings. The molecule has 0 radical (unpaired) electrons. The van der Waals surface area contributed by atoms with Crippen LogP contribution in [0.4, 0.5) is 0 Å². The summed E-state index contributed by atoms with van der Waals surface area (Å²) in [6.07, 6.45) is 0.256. The molecule has 0 fully saturated rings. The fourth-order valence-electron chi connectivity index (χ4n) is 2.20. The van der Waals surface area contributed by atoms with Gasteiger partial charge in [0.05, 0.1) is 11.4 Å². The van der Waals surface area contributed by atoms with Crippen molar-refractivity contribution in [3.05, 3.63) is 45.7 Å². The first-order chi connectivity index (χ1) is 8.90. The predicted octanol–water partition coefficient (Wildman–Crippen LogP) is 2.11. The van der Waals surface area contributed by atoms with Crippen molar-refractivity contribution in [2.24, 2.45) is 13.0 Å². The number of hydrogen-bond donors (Lipinski definition) is 1. The van der Waals surface area contributed by atoms with E-state index in [1.54, 1.807) is 24.6 Å². The quantitative estimate of drug-likeness (QED) is 0.918. The van der Waals surface area contributed by atoms with E-state index in [0.29, 0.717) is 5.56 Å². The Morgan fingerprint density at radius 2 is 2.05 bits per heavy atom. The molecule has 0 aliphatic rings. The second-order valence-corrected chi connectivity index (χ2v) is 5.04. The summed E-state index contributed by atoms with van der Waals surface area (Å²) in [5, 5.41) is 9.90. The molecule has 2 rings (SSSR count). The second-order valence-electron chi connectivity index (χ2n) is 5.04. The lowest BCUT2D eigenvalue weighted by Gasteiger charge is -2.11. The van der Waals surface area contributed by atoms with Crippen LogP contribution in [0.5, 0.6) is 0 Å². The zero-order valence-electron chi connectivity index (χ0n) is 11.3. The van der Waals surface area contributed by atoms with Gasteiger partial charge in [-0.1, -0.05) is 19.1 Å². The molecule has 0 spiro atoms. The van der Waals surface area contributed by atoms with Gasteiger partial charge in [-0.3, -0.25) is 9.59 Å². The molecule has 19 heavy (non-hydrogen) atoms. The average Bonchev–Trinajstić information content (AvgIpc) is 2.36. The molecule has 0 amide bonds. The average molecular weight is 259 g/mol. The summed E-state index contributed by atoms with van der Waals surface area (Å²) in [4.78, 5) is 23.1. The zero-order valence-corrected chi connectivity index (χ0v) is 11.3. The van der Waals surface area contributed by atoms with Crippen molar-refractivity contribution in [3.63, 3.8) is 0 Å². The van der Waals surface area contributed by atoms with Crippen LogP contribution in [0.15, 0.2) is 29.1 Å². The van der Waals surface area contributed by atoms with Crippen LogP contribution in [0, 0.1) is 12.8 Å². The van der Waals surface area contributed by atoms with Gasteiger partial charge in [0, 0.05) is 12.6 Å². The van der Waals surface area contributed by atoms with Gasteiger partial charge in [-0.15, -0.1) is 0 Å². The van der Waals surface area contributed by atoms with Crippen LogP contribution in [0.1, 0.15) is 18.1 Å². The monoisotopic (exact) mass is 259 g/mol. The van der Waals surface area contributed by atoms with Crippen LogP contribution in [0.2, 0.25) is 0 Å². The highest BCUT2D eigenvalue weighted by atomic mass is 16.4. The first-order valence-corrected chi connectivity index (χ1v) is 6.22. The maximum Gasteiger partial charge on any atom is 0.306 e. The zero-order chi connectivity index (χ0) is 14.2. The van der Waals surface area contributed by atoms with Crippen molar-refractivity contribution >= 4 is 16.9 Å². The first-order valence-electron chi connectivity index (χ1n) is 6.22. The number of rotatable bonds is 3. The maximum absolute atomic E-state index is 12.2. The highest BCUT2D eigenvalue weighted by molar-refractivity contribution is 5.80. The summed E-state index contributed by atoms with van der Waals surface area (Å²) >= 11 is 0. The van der Waals surface area contributed by atoms with Crippen LogP contribution in [-0.2, 0) is 18.3 Å². The molecule has 4 nitrogen and oxygen atoms in total. The van der Waals surface area contributed by atoms with Crippen LogP contribution < -0.4 is 5.56 Å². The normalized spacial score (nSPS) is 12.6. The molecule has 0 aliphatic heterocycles. The number of carboxylic acids is 1. The Morgan fingerprint density at radius 1 is 1.37 bits per heavy atom. The topological polar surface area (TPSA) is 59.3 Å². The van der Waals surface area contributed by atoms with Crippen molar-refractivity contribution in [3.8, 4) is 0 Å². The van der Waals surface area contributed by atoms with Crippen molar-refractivity contribution < 1.29 is 9.90 Å². The molecule has 1 aromatic carbocycles. The maximum atomic E-state index is 12.2. The molecule has 4 heteroatoms. The smallest absolute Gasteiger partial charge is 0.306 e. The van der Waals surface area contributed by atoms with Crippen LogP contribution in [0.3, 0.4) is 0 Å². The van der Waals surface area contributed by atoms with E-state index in [1.165, 1.54) is 0 Å². The summed E-state index contributed by atoms with van der Waals surface area (Å²) < 4.78 is 1.59. The minimum Gasteiger partial charge on any atom is -0.481 e. The summed E-state index contributed by atoms with van der Waals surface area (Å²) in [6, 6.07) is 7.70. The Hall–Kier alpha value is -2.10. The first kappa shape index (κ1) is 13.3. The molecule has 100 valence electrons. The lowest BCUT2D eigenvalue weighted by molar-refractivity contribution is -0.141. The van der Waals surface area contributed by atoms with Gasteiger partial charge in [0.15, 0.2) is 0 Å². The Kier molecular flexibility index (Phi) is 3.42. The van der Waals surface area contributed by atoms with Crippen LogP contribution >= 0.6 is 0 Å². The van der Waals surface area contributed by atoms with Gasteiger partial charge in [-0.05, 0) is 36.4 Å². The van der Waals surface area contributed by atoms with Crippen molar-refractivity contribution in [2.45, 2.75) is 20.3 Å². The number of fused-ring (bicyclic) bond motifs is 1. The number of hydrogen-bond acceptors (Lipinski definition) is 2. The van der Waals surface area contributed by atoms with Gasteiger partial charge in [0.1, 0.15) is 0 Å². The van der Waals surface area contributed by atoms with Gasteiger partial charge in [0.2, 0.25) is 0 Å². The number of pyridine rings is 1. The second kappa shape index (κ2) is 4.88. The number of benzene rings is 1. The van der Waals surface area contributed by atoms with Crippen molar-refractivity contribution in [1.82, 2.24) is 4.57 Å². The highest BCUT2D eigenvalue weighted by Crippen LogP contribution is 2.16. The third kappa shape index (κ3) is 2.52. The lowest BCUT2D eigenvalue weighted by atomic mass is 10.0. The molecule has 0 bridgehead atoms. The molecule has 1 aromatic heterocycles. The lowest BCUT2D eigenvalue weighted by Crippen LogP contribution is -2.24. The third-order valence-electron chi connectivity index (χ3n) is 3.40. The molecule has 1 N–H and O–H groups in total. The van der Waals surface area contributed by atoms with Gasteiger partial charge in [0.25, 0.3) is 5.56 Å². The van der Waals surface area contributed by atoms with E-state index in [9.17, 15) is 9.59 Å². The van der Waals surface area contributed by atoms with E-state index in [0.717, 1.165) is 16.5 Å². The van der Waals surface area contributed by atoms with E-state index >= 15 is 0 Å². The van der Waals surface area contributed by atoms with E-state index in [4.69, 9.17) is 5.11 Å². The van der Waals surface area contributed by atoms with Crippen LogP contribution in [-0.4, -0.2) is 15.6 Å². The third-order valence-corrected chi connectivity index (χ3v) is 3.40. The SMILES string of the molecule is Cc1ccc2cc(CC(C)C(=O)O)c(=O)n(C)c2c1. The van der Waals surface area contributed by atoms with E-state index in [-0.39, 0.29) is 12.0 Å². The molecule has 1 unspecified atom stereocenters. The summed E-state index contributed by atoms with van der Waals surface area (Å²) in [5.74, 6) is -1.44. The number of carbonyl (C=O) groups is 1. The standard InChI is InChI=1S/C15H17NO3/c1-9-4-5-11-8-12(7-10(2)15(18)19)14(17)16(3)13(11)6-9/h4-6,8,10H,7H2,1-3H3,(H,18,19). The summed E-state index contributed by atoms with van der Waals surface area (Å²) in [7, 11) is 1.72. The summed E-state index contributed by atoms with van der Waals surface area (Å²) in [5.41, 5.74) is 2.39. The molecular formula is C15H17NO3. The Labute approximate surface area is 111 Å². The molecular weight excluding hydrogens is 242 g/mol. The molecule has 0 saturated heterocycles. The Bertz CT molecular complexity index is 700. The number of nitrogens with zero attached hydrogens (tertiary/aromatic N) is 1. The number of carboxylic acid groups (broad SMARTS) is 1. The van der Waals surface area contributed by atoms with Gasteiger partial charge >= 0.3 is 5.97 Å². The molecule has 0 saturated carbocycles. The van der Waals surface area contributed by atoms with E-state index in [2.05, 4.69) is 0 Å². The molecule has 0 aliphatic carbocycles. The molecule has 1 atom stereocenters. The Balaban J connectivity index is 2.58. The fourth-order valence-corrected chi connectivity index (χ4v) is 2.20. The van der Waals surface area contributed by atoms with Crippen molar-refractivity contribution in [1.29, 1.82) is 0 Å². The van der Waals surface area contributed by atoms with Crippen LogP contribution in [0.25, 0.3) is 10.9 Å². The van der Waals surface area contributed by atoms with Gasteiger partial charge in [-0.25, -0.2) is 0 Å². The number of aryl methyl sites for hydroxylation is 2. The van der Waals surface area contributed by atoms with E-state index < -0.39 is 11.9 Å². The largest absolute Gasteiger partial charge is 0.481 e. The van der Waals surface area contributed by atoms with Gasteiger partial charge < -0.3 is 9.67 Å². The minimum atomic E-state index is -0.883. The number of aromatic nitrogens is 1. The van der Waals surface area contributed by atoms with Gasteiger partial charge in [-0.2, -0.15) is 0 Å².